The quantitative estimate of drug-likeness (QED) is 0.456. The predicted octanol–water partition coefficient (Wildman–Crippen LogP) is 4.92. The highest BCUT2D eigenvalue weighted by Gasteiger charge is 2.17. The van der Waals surface area contributed by atoms with Gasteiger partial charge in [-0.2, -0.15) is 0 Å². The lowest BCUT2D eigenvalue weighted by Gasteiger charge is -2.16. The molecule has 0 unspecified atom stereocenters. The van der Waals surface area contributed by atoms with E-state index in [9.17, 15) is 9.18 Å². The number of benzene rings is 3. The molecule has 1 aromatic heterocycles. The zero-order valence-electron chi connectivity index (χ0n) is 16.4. The third-order valence-corrected chi connectivity index (χ3v) is 5.24. The lowest BCUT2D eigenvalue weighted by molar-refractivity contribution is 0.355. The maximum atomic E-state index is 14.5. The van der Waals surface area contributed by atoms with Gasteiger partial charge in [-0.05, 0) is 42.5 Å². The van der Waals surface area contributed by atoms with Crippen LogP contribution >= 0.6 is 11.6 Å². The summed E-state index contributed by atoms with van der Waals surface area (Å²) in [6.07, 6.45) is 0. The van der Waals surface area contributed by atoms with Crippen LogP contribution in [0.5, 0.6) is 11.5 Å². The summed E-state index contributed by atoms with van der Waals surface area (Å²) in [5.41, 5.74) is 1.11. The van der Waals surface area contributed by atoms with Crippen LogP contribution < -0.4 is 15.0 Å². The number of hydrogen-bond donors (Lipinski definition) is 0. The Hall–Kier alpha value is -3.38. The van der Waals surface area contributed by atoms with Gasteiger partial charge in [0.1, 0.15) is 11.6 Å². The monoisotopic (exact) mass is 424 g/mol. The maximum Gasteiger partial charge on any atom is 0.261 e. The van der Waals surface area contributed by atoms with E-state index in [0.717, 1.165) is 0 Å². The number of halogens is 2. The number of ether oxygens (including phenoxy) is 2. The van der Waals surface area contributed by atoms with E-state index in [1.807, 2.05) is 6.07 Å². The van der Waals surface area contributed by atoms with E-state index in [2.05, 4.69) is 0 Å². The van der Waals surface area contributed by atoms with Crippen molar-refractivity contribution >= 4 is 22.5 Å². The number of methoxy groups -OCH3 is 2. The standard InChI is InChI=1S/C23H18ClFN2O3/c1-29-20-11-10-14(12-21(20)30-2)22-26-19-9-4-3-6-15(19)23(28)27(22)13-16-17(24)7-5-8-18(16)25/h3-12H,13H2,1-2H3. The lowest BCUT2D eigenvalue weighted by atomic mass is 10.1. The van der Waals surface area contributed by atoms with Crippen LogP contribution in [-0.4, -0.2) is 23.8 Å². The van der Waals surface area contributed by atoms with Crippen molar-refractivity contribution in [1.82, 2.24) is 9.55 Å². The number of hydrogen-bond acceptors (Lipinski definition) is 4. The SMILES string of the molecule is COc1ccc(-c2nc3ccccc3c(=O)n2Cc2c(F)cccc2Cl)cc1OC. The minimum atomic E-state index is -0.485. The van der Waals surface area contributed by atoms with E-state index in [-0.39, 0.29) is 22.7 Å². The topological polar surface area (TPSA) is 53.3 Å². The average molecular weight is 425 g/mol. The van der Waals surface area contributed by atoms with E-state index in [1.165, 1.54) is 23.8 Å². The van der Waals surface area contributed by atoms with Gasteiger partial charge in [-0.1, -0.05) is 29.8 Å². The van der Waals surface area contributed by atoms with E-state index < -0.39 is 5.82 Å². The molecule has 152 valence electrons. The zero-order chi connectivity index (χ0) is 21.3. The zero-order valence-corrected chi connectivity index (χ0v) is 17.1. The molecule has 30 heavy (non-hydrogen) atoms. The van der Waals surface area contributed by atoms with Gasteiger partial charge in [0.05, 0.1) is 31.7 Å². The fourth-order valence-electron chi connectivity index (χ4n) is 3.35. The van der Waals surface area contributed by atoms with E-state index in [4.69, 9.17) is 26.1 Å². The number of fused-ring (bicyclic) bond motifs is 1. The Labute approximate surface area is 177 Å². The molecule has 0 aliphatic rings. The van der Waals surface area contributed by atoms with Crippen molar-refractivity contribution < 1.29 is 13.9 Å². The van der Waals surface area contributed by atoms with Crippen LogP contribution in [0.15, 0.2) is 65.5 Å². The summed E-state index contributed by atoms with van der Waals surface area (Å²) < 4.78 is 26.6. The second-order valence-electron chi connectivity index (χ2n) is 6.61. The van der Waals surface area contributed by atoms with Gasteiger partial charge in [0, 0.05) is 16.1 Å². The first-order valence-electron chi connectivity index (χ1n) is 9.18. The first-order valence-corrected chi connectivity index (χ1v) is 9.56. The lowest BCUT2D eigenvalue weighted by Crippen LogP contribution is -2.24. The summed E-state index contributed by atoms with van der Waals surface area (Å²) in [5.74, 6) is 0.931. The highest BCUT2D eigenvalue weighted by Crippen LogP contribution is 2.32. The van der Waals surface area contributed by atoms with Gasteiger partial charge in [-0.25, -0.2) is 9.37 Å². The normalized spacial score (nSPS) is 10.9. The van der Waals surface area contributed by atoms with Crippen LogP contribution in [0.25, 0.3) is 22.3 Å². The van der Waals surface area contributed by atoms with Crippen LogP contribution in [0.3, 0.4) is 0 Å². The number of rotatable bonds is 5. The second kappa shape index (κ2) is 8.16. The molecule has 0 N–H and O–H groups in total. The Morgan fingerprint density at radius 1 is 1.00 bits per heavy atom. The highest BCUT2D eigenvalue weighted by atomic mass is 35.5. The summed E-state index contributed by atoms with van der Waals surface area (Å²) in [5, 5.41) is 0.683. The van der Waals surface area contributed by atoms with Gasteiger partial charge >= 0.3 is 0 Å². The van der Waals surface area contributed by atoms with Crippen molar-refractivity contribution in [2.45, 2.75) is 6.54 Å². The van der Waals surface area contributed by atoms with E-state index in [1.54, 1.807) is 49.6 Å². The molecule has 0 amide bonds. The molecule has 7 heteroatoms. The first-order chi connectivity index (χ1) is 14.5. The molecule has 0 atom stereocenters. The molecule has 0 aliphatic heterocycles. The molecule has 0 spiro atoms. The fraction of sp³-hybridized carbons (Fsp3) is 0.130. The van der Waals surface area contributed by atoms with Gasteiger partial charge in [0.15, 0.2) is 11.5 Å². The van der Waals surface area contributed by atoms with Gasteiger partial charge in [-0.3, -0.25) is 9.36 Å². The van der Waals surface area contributed by atoms with Crippen molar-refractivity contribution in [3.05, 3.63) is 87.4 Å². The summed E-state index contributed by atoms with van der Waals surface area (Å²) in [6.45, 7) is -0.0636. The summed E-state index contributed by atoms with van der Waals surface area (Å²) in [7, 11) is 3.07. The summed E-state index contributed by atoms with van der Waals surface area (Å²) in [6, 6.07) is 16.7. The van der Waals surface area contributed by atoms with Gasteiger partial charge in [0.2, 0.25) is 0 Å². The molecule has 0 saturated carbocycles. The molecular formula is C23H18ClFN2O3. The van der Waals surface area contributed by atoms with Crippen LogP contribution in [0.2, 0.25) is 5.02 Å². The molecule has 0 fully saturated rings. The maximum absolute atomic E-state index is 14.5. The molecule has 0 saturated heterocycles. The van der Waals surface area contributed by atoms with Crippen LogP contribution in [0.1, 0.15) is 5.56 Å². The van der Waals surface area contributed by atoms with Crippen molar-refractivity contribution in [3.63, 3.8) is 0 Å². The number of aromatic nitrogens is 2. The molecule has 4 rings (SSSR count). The third-order valence-electron chi connectivity index (χ3n) is 4.88. The Morgan fingerprint density at radius 3 is 2.50 bits per heavy atom. The fourth-order valence-corrected chi connectivity index (χ4v) is 3.57. The smallest absolute Gasteiger partial charge is 0.261 e. The van der Waals surface area contributed by atoms with Crippen molar-refractivity contribution in [1.29, 1.82) is 0 Å². The van der Waals surface area contributed by atoms with Crippen LogP contribution in [-0.2, 0) is 6.54 Å². The minimum Gasteiger partial charge on any atom is -0.493 e. The molecule has 0 radical (unpaired) electrons. The largest absolute Gasteiger partial charge is 0.493 e. The first kappa shape index (κ1) is 19.9. The van der Waals surface area contributed by atoms with Gasteiger partial charge in [-0.15, -0.1) is 0 Å². The molecule has 0 aliphatic carbocycles. The predicted molar refractivity (Wildman–Crippen MR) is 115 cm³/mol. The average Bonchev–Trinajstić information content (AvgIpc) is 2.77. The highest BCUT2D eigenvalue weighted by molar-refractivity contribution is 6.31. The Balaban J connectivity index is 1.99. The molecular weight excluding hydrogens is 407 g/mol. The molecule has 4 aromatic rings. The van der Waals surface area contributed by atoms with E-state index >= 15 is 0 Å². The molecule has 1 heterocycles. The number of nitrogens with zero attached hydrogens (tertiary/aromatic N) is 2. The van der Waals surface area contributed by atoms with Crippen molar-refractivity contribution in [3.8, 4) is 22.9 Å². The summed E-state index contributed by atoms with van der Waals surface area (Å²) in [4.78, 5) is 18.0. The van der Waals surface area contributed by atoms with Crippen molar-refractivity contribution in [2.75, 3.05) is 14.2 Å². The summed E-state index contributed by atoms with van der Waals surface area (Å²) >= 11 is 6.22. The van der Waals surface area contributed by atoms with Gasteiger partial charge < -0.3 is 9.47 Å². The van der Waals surface area contributed by atoms with Crippen molar-refractivity contribution in [2.24, 2.45) is 0 Å². The molecule has 3 aromatic carbocycles. The Kier molecular flexibility index (Phi) is 5.42. The Bertz CT molecular complexity index is 1280. The minimum absolute atomic E-state index is 0.0636. The Morgan fingerprint density at radius 2 is 1.77 bits per heavy atom. The third kappa shape index (κ3) is 3.50. The second-order valence-corrected chi connectivity index (χ2v) is 7.02. The van der Waals surface area contributed by atoms with Crippen LogP contribution in [0, 0.1) is 5.82 Å². The number of para-hydroxylation sites is 1. The van der Waals surface area contributed by atoms with Gasteiger partial charge in [0.25, 0.3) is 5.56 Å². The molecule has 0 bridgehead atoms. The van der Waals surface area contributed by atoms with E-state index in [0.29, 0.717) is 33.8 Å². The van der Waals surface area contributed by atoms with Crippen LogP contribution in [0.4, 0.5) is 4.39 Å². The molecule has 5 nitrogen and oxygen atoms in total.